The second-order valence-corrected chi connectivity index (χ2v) is 8.55. The number of thiophene rings is 2. The topological polar surface area (TPSA) is 32.3 Å². The first-order chi connectivity index (χ1) is 11.3. The number of halogens is 1. The smallest absolute Gasteiger partial charge is 0.228 e. The number of piperidine rings is 1. The van der Waals surface area contributed by atoms with Gasteiger partial charge in [-0.1, -0.05) is 6.07 Å². The normalized spacial score (nSPS) is 21.2. The summed E-state index contributed by atoms with van der Waals surface area (Å²) in [5.41, 5.74) is 1.66. The lowest BCUT2D eigenvalue weighted by molar-refractivity contribution is -0.132. The Labute approximate surface area is 157 Å². The Hall–Kier alpha value is -0.880. The number of carbonyl (C=O) groups excluding carboxylic acids is 1. The molecular weight excluding hydrogens is 360 g/mol. The highest BCUT2D eigenvalue weighted by atomic mass is 35.5. The third-order valence-corrected chi connectivity index (χ3v) is 6.89. The second-order valence-electron chi connectivity index (χ2n) is 6.74. The molecule has 1 saturated heterocycles. The average molecular weight is 383 g/mol. The molecule has 1 unspecified atom stereocenters. The molecule has 2 aromatic rings. The highest BCUT2D eigenvalue weighted by molar-refractivity contribution is 7.10. The SMILES string of the molecule is Cl.O=C(Cc1cccs1)N(Cc1ccsc1)C1CC12CCNCC2. The van der Waals surface area contributed by atoms with Gasteiger partial charge in [-0.15, -0.1) is 23.7 Å². The van der Waals surface area contributed by atoms with E-state index in [1.165, 1.54) is 29.7 Å². The molecule has 1 amide bonds. The zero-order chi connectivity index (χ0) is 15.7. The third kappa shape index (κ3) is 3.69. The Bertz CT molecular complexity index is 651. The fourth-order valence-corrected chi connectivity index (χ4v) is 5.20. The Kier molecular flexibility index (Phi) is 5.65. The minimum atomic E-state index is 0. The largest absolute Gasteiger partial charge is 0.334 e. The summed E-state index contributed by atoms with van der Waals surface area (Å²) in [5.74, 6) is 0.291. The van der Waals surface area contributed by atoms with E-state index in [1.54, 1.807) is 22.7 Å². The lowest BCUT2D eigenvalue weighted by Crippen LogP contribution is -2.39. The van der Waals surface area contributed by atoms with Gasteiger partial charge in [0.05, 0.1) is 6.42 Å². The maximum absolute atomic E-state index is 13.0. The van der Waals surface area contributed by atoms with Crippen molar-refractivity contribution < 1.29 is 4.79 Å². The van der Waals surface area contributed by atoms with Crippen LogP contribution in [0.4, 0.5) is 0 Å². The lowest BCUT2D eigenvalue weighted by Gasteiger charge is -2.29. The molecule has 1 saturated carbocycles. The summed E-state index contributed by atoms with van der Waals surface area (Å²) in [6.45, 7) is 2.97. The first-order valence-electron chi connectivity index (χ1n) is 8.30. The Balaban J connectivity index is 0.00000169. The summed E-state index contributed by atoms with van der Waals surface area (Å²) >= 11 is 3.39. The van der Waals surface area contributed by atoms with Crippen molar-refractivity contribution >= 4 is 41.0 Å². The fraction of sp³-hybridized carbons (Fsp3) is 0.500. The average Bonchev–Trinajstić information content (AvgIpc) is 2.99. The number of rotatable bonds is 5. The Morgan fingerprint density at radius 1 is 1.29 bits per heavy atom. The van der Waals surface area contributed by atoms with E-state index < -0.39 is 0 Å². The number of nitrogens with one attached hydrogen (secondary N) is 1. The van der Waals surface area contributed by atoms with Crippen LogP contribution in [0.15, 0.2) is 34.3 Å². The molecule has 2 aromatic heterocycles. The molecular formula is C18H23ClN2OS2. The van der Waals surface area contributed by atoms with Crippen molar-refractivity contribution in [1.29, 1.82) is 0 Å². The van der Waals surface area contributed by atoms with E-state index in [2.05, 4.69) is 38.5 Å². The van der Waals surface area contributed by atoms with Crippen LogP contribution >= 0.6 is 35.1 Å². The van der Waals surface area contributed by atoms with Gasteiger partial charge in [-0.2, -0.15) is 11.3 Å². The molecule has 2 aliphatic rings. The molecule has 2 fully saturated rings. The van der Waals surface area contributed by atoms with E-state index in [1.807, 2.05) is 6.07 Å². The monoisotopic (exact) mass is 382 g/mol. The Morgan fingerprint density at radius 3 is 2.79 bits per heavy atom. The molecule has 24 heavy (non-hydrogen) atoms. The maximum Gasteiger partial charge on any atom is 0.228 e. The van der Waals surface area contributed by atoms with Gasteiger partial charge in [-0.05, 0) is 71.6 Å². The maximum atomic E-state index is 13.0. The first kappa shape index (κ1) is 17.9. The lowest BCUT2D eigenvalue weighted by atomic mass is 9.93. The van der Waals surface area contributed by atoms with E-state index in [4.69, 9.17) is 0 Å². The molecule has 6 heteroatoms. The number of hydrogen-bond donors (Lipinski definition) is 1. The number of carbonyl (C=O) groups is 1. The first-order valence-corrected chi connectivity index (χ1v) is 10.1. The van der Waals surface area contributed by atoms with E-state index in [0.29, 0.717) is 23.8 Å². The van der Waals surface area contributed by atoms with Gasteiger partial charge in [0.1, 0.15) is 0 Å². The molecule has 1 aliphatic carbocycles. The summed E-state index contributed by atoms with van der Waals surface area (Å²) in [6, 6.07) is 6.69. The van der Waals surface area contributed by atoms with Gasteiger partial charge in [0.25, 0.3) is 0 Å². The van der Waals surface area contributed by atoms with E-state index >= 15 is 0 Å². The molecule has 3 nitrogen and oxygen atoms in total. The molecule has 130 valence electrons. The standard InChI is InChI=1S/C18H22N2OS2.ClH/c21-17(10-15-2-1-8-23-15)20(12-14-3-9-22-13-14)16-11-18(16)4-6-19-7-5-18;/h1-3,8-9,13,16,19H,4-7,10-12H2;1H. The summed E-state index contributed by atoms with van der Waals surface area (Å²) in [7, 11) is 0. The van der Waals surface area contributed by atoms with Crippen LogP contribution in [0.1, 0.15) is 29.7 Å². The van der Waals surface area contributed by atoms with Crippen molar-refractivity contribution in [2.45, 2.75) is 38.3 Å². The Morgan fingerprint density at radius 2 is 2.12 bits per heavy atom. The van der Waals surface area contributed by atoms with Crippen molar-refractivity contribution in [3.05, 3.63) is 44.8 Å². The van der Waals surface area contributed by atoms with Crippen molar-refractivity contribution in [1.82, 2.24) is 10.2 Å². The number of nitrogens with zero attached hydrogens (tertiary/aromatic N) is 1. The van der Waals surface area contributed by atoms with Crippen molar-refractivity contribution in [2.75, 3.05) is 13.1 Å². The molecule has 0 bridgehead atoms. The van der Waals surface area contributed by atoms with Gasteiger partial charge in [0, 0.05) is 17.5 Å². The van der Waals surface area contributed by atoms with Gasteiger partial charge in [0.2, 0.25) is 5.91 Å². The highest BCUT2D eigenvalue weighted by Gasteiger charge is 2.57. The van der Waals surface area contributed by atoms with E-state index in [9.17, 15) is 4.79 Å². The molecule has 0 aromatic carbocycles. The highest BCUT2D eigenvalue weighted by Crippen LogP contribution is 2.56. The van der Waals surface area contributed by atoms with Gasteiger partial charge in [0.15, 0.2) is 0 Å². The van der Waals surface area contributed by atoms with Gasteiger partial charge in [-0.3, -0.25) is 4.79 Å². The fourth-order valence-electron chi connectivity index (χ4n) is 3.84. The van der Waals surface area contributed by atoms with Crippen LogP contribution in [0, 0.1) is 5.41 Å². The molecule has 4 rings (SSSR count). The number of amides is 1. The van der Waals surface area contributed by atoms with Crippen molar-refractivity contribution in [3.8, 4) is 0 Å². The van der Waals surface area contributed by atoms with Crippen LogP contribution < -0.4 is 5.32 Å². The quantitative estimate of drug-likeness (QED) is 0.849. The van der Waals surface area contributed by atoms with Crippen LogP contribution in [0.2, 0.25) is 0 Å². The van der Waals surface area contributed by atoms with Crippen molar-refractivity contribution in [2.24, 2.45) is 5.41 Å². The number of hydrogen-bond acceptors (Lipinski definition) is 4. The van der Waals surface area contributed by atoms with Crippen LogP contribution in [0.5, 0.6) is 0 Å². The minimum absolute atomic E-state index is 0. The van der Waals surface area contributed by atoms with Gasteiger partial charge in [-0.25, -0.2) is 0 Å². The van der Waals surface area contributed by atoms with Crippen LogP contribution in [0.25, 0.3) is 0 Å². The summed E-state index contributed by atoms with van der Waals surface area (Å²) < 4.78 is 0. The van der Waals surface area contributed by atoms with E-state index in [-0.39, 0.29) is 12.4 Å². The summed E-state index contributed by atoms with van der Waals surface area (Å²) in [6.07, 6.45) is 4.16. The summed E-state index contributed by atoms with van der Waals surface area (Å²) in [4.78, 5) is 16.3. The van der Waals surface area contributed by atoms with Gasteiger partial charge >= 0.3 is 0 Å². The molecule has 1 spiro atoms. The van der Waals surface area contributed by atoms with E-state index in [0.717, 1.165) is 19.6 Å². The summed E-state index contributed by atoms with van der Waals surface area (Å²) in [5, 5.41) is 9.77. The molecule has 0 radical (unpaired) electrons. The third-order valence-electron chi connectivity index (χ3n) is 5.28. The van der Waals surface area contributed by atoms with Crippen LogP contribution in [0.3, 0.4) is 0 Å². The van der Waals surface area contributed by atoms with Gasteiger partial charge < -0.3 is 10.2 Å². The van der Waals surface area contributed by atoms with Crippen molar-refractivity contribution in [3.63, 3.8) is 0 Å². The van der Waals surface area contributed by atoms with Crippen LogP contribution in [-0.4, -0.2) is 29.9 Å². The molecule has 3 heterocycles. The molecule has 1 aliphatic heterocycles. The predicted molar refractivity (Wildman–Crippen MR) is 103 cm³/mol. The molecule has 1 N–H and O–H groups in total. The second kappa shape index (κ2) is 7.56. The zero-order valence-corrected chi connectivity index (χ0v) is 16.0. The zero-order valence-electron chi connectivity index (χ0n) is 13.6. The predicted octanol–water partition coefficient (Wildman–Crippen LogP) is 3.94. The van der Waals surface area contributed by atoms with Crippen LogP contribution in [-0.2, 0) is 17.8 Å². The minimum Gasteiger partial charge on any atom is -0.334 e. The molecule has 1 atom stereocenters.